The quantitative estimate of drug-likeness (QED) is 0.191. The molecule has 4 unspecified atom stereocenters. The van der Waals surface area contributed by atoms with Crippen molar-refractivity contribution in [2.45, 2.75) is 69.6 Å². The number of carboxylic acids is 1. The van der Waals surface area contributed by atoms with Crippen LogP contribution in [-0.4, -0.2) is 71.0 Å². The van der Waals surface area contributed by atoms with Crippen molar-refractivity contribution in [2.24, 2.45) is 5.73 Å². The number of fused-ring (bicyclic) bond motifs is 1. The number of amides is 3. The second kappa shape index (κ2) is 13.0. The van der Waals surface area contributed by atoms with Crippen LogP contribution in [0.25, 0.3) is 10.9 Å². The van der Waals surface area contributed by atoms with Gasteiger partial charge in [0.05, 0.1) is 6.04 Å². The van der Waals surface area contributed by atoms with Crippen LogP contribution in [0, 0.1) is 0 Å². The molecule has 8 N–H and O–H groups in total. The van der Waals surface area contributed by atoms with Gasteiger partial charge < -0.3 is 37.1 Å². The molecule has 2 heterocycles. The van der Waals surface area contributed by atoms with E-state index in [1.165, 1.54) is 0 Å². The van der Waals surface area contributed by atoms with Gasteiger partial charge in [0, 0.05) is 23.5 Å². The lowest BCUT2D eigenvalue weighted by Crippen LogP contribution is -2.56. The molecule has 1 aromatic heterocycles. The Morgan fingerprint density at radius 1 is 1.08 bits per heavy atom. The summed E-state index contributed by atoms with van der Waals surface area (Å²) in [6, 6.07) is 4.18. The Balaban J connectivity index is 1.64. The highest BCUT2D eigenvalue weighted by molar-refractivity contribution is 5.94. The normalized spacial score (nSPS) is 17.8. The molecule has 0 bridgehead atoms. The third-order valence-electron chi connectivity index (χ3n) is 6.42. The topological polar surface area (TPSA) is 178 Å². The molecule has 1 aromatic carbocycles. The third-order valence-corrected chi connectivity index (χ3v) is 6.42. The molecule has 4 atom stereocenters. The minimum Gasteiger partial charge on any atom is -0.480 e. The summed E-state index contributed by atoms with van der Waals surface area (Å²) in [6.07, 6.45) is 4.92. The van der Waals surface area contributed by atoms with Gasteiger partial charge in [-0.15, -0.1) is 0 Å². The van der Waals surface area contributed by atoms with Crippen LogP contribution in [0.3, 0.4) is 0 Å². The van der Waals surface area contributed by atoms with E-state index in [0.717, 1.165) is 29.4 Å². The molecular weight excluding hydrogens is 464 g/mol. The molecule has 36 heavy (non-hydrogen) atoms. The van der Waals surface area contributed by atoms with Crippen LogP contribution in [0.4, 0.5) is 0 Å². The van der Waals surface area contributed by atoms with Crippen LogP contribution in [0.5, 0.6) is 0 Å². The fraction of sp³-hybridized carbons (Fsp3) is 0.520. The first-order valence-electron chi connectivity index (χ1n) is 12.4. The van der Waals surface area contributed by atoms with Crippen molar-refractivity contribution >= 4 is 34.6 Å². The molecule has 1 aliphatic heterocycles. The number of rotatable bonds is 13. The van der Waals surface area contributed by atoms with Crippen LogP contribution in [-0.2, 0) is 25.6 Å². The molecule has 196 valence electrons. The van der Waals surface area contributed by atoms with Crippen LogP contribution in [0.15, 0.2) is 30.5 Å². The molecule has 0 spiro atoms. The summed E-state index contributed by atoms with van der Waals surface area (Å²) >= 11 is 0. The number of unbranched alkanes of at least 4 members (excludes halogenated alkanes) is 1. The van der Waals surface area contributed by atoms with Crippen LogP contribution in [0.2, 0.25) is 0 Å². The second-order valence-electron chi connectivity index (χ2n) is 9.19. The highest BCUT2D eigenvalue weighted by Gasteiger charge is 2.30. The SMILES string of the molecule is CC(NC(=O)C1CCCN1)C(=O)NC(CCCCN)C(=O)NC(Cc1c[nH]c2ccccc12)C(=O)O. The van der Waals surface area contributed by atoms with E-state index in [-0.39, 0.29) is 18.4 Å². The summed E-state index contributed by atoms with van der Waals surface area (Å²) < 4.78 is 0. The number of aliphatic carboxylic acids is 1. The molecule has 0 aliphatic carbocycles. The number of carbonyl (C=O) groups is 4. The molecule has 1 saturated heterocycles. The summed E-state index contributed by atoms with van der Waals surface area (Å²) in [6.45, 7) is 2.74. The average Bonchev–Trinajstić information content (AvgIpc) is 3.53. The molecular formula is C25H36N6O5. The van der Waals surface area contributed by atoms with Crippen molar-refractivity contribution in [2.75, 3.05) is 13.1 Å². The van der Waals surface area contributed by atoms with Crippen molar-refractivity contribution in [3.8, 4) is 0 Å². The van der Waals surface area contributed by atoms with E-state index < -0.39 is 35.9 Å². The number of para-hydroxylation sites is 1. The molecule has 0 saturated carbocycles. The Bertz CT molecular complexity index is 1060. The van der Waals surface area contributed by atoms with Crippen molar-refractivity contribution in [1.29, 1.82) is 0 Å². The fourth-order valence-electron chi connectivity index (χ4n) is 4.34. The number of nitrogens with two attached hydrogens (primary N) is 1. The van der Waals surface area contributed by atoms with Crippen LogP contribution in [0.1, 0.15) is 44.6 Å². The smallest absolute Gasteiger partial charge is 0.326 e. The molecule has 1 aliphatic rings. The molecule has 1 fully saturated rings. The first-order valence-corrected chi connectivity index (χ1v) is 12.4. The van der Waals surface area contributed by atoms with Gasteiger partial charge in [0.1, 0.15) is 18.1 Å². The maximum Gasteiger partial charge on any atom is 0.326 e. The van der Waals surface area contributed by atoms with Crippen LogP contribution >= 0.6 is 0 Å². The number of H-pyrrole nitrogens is 1. The second-order valence-corrected chi connectivity index (χ2v) is 9.19. The summed E-state index contributed by atoms with van der Waals surface area (Å²) in [5, 5.41) is 21.7. The zero-order valence-corrected chi connectivity index (χ0v) is 20.5. The third kappa shape index (κ3) is 7.28. The molecule has 2 aromatic rings. The van der Waals surface area contributed by atoms with E-state index in [1.807, 2.05) is 24.3 Å². The van der Waals surface area contributed by atoms with Crippen molar-refractivity contribution in [3.05, 3.63) is 36.0 Å². The maximum atomic E-state index is 13.1. The lowest BCUT2D eigenvalue weighted by molar-refractivity contribution is -0.142. The molecule has 3 amide bonds. The fourth-order valence-corrected chi connectivity index (χ4v) is 4.34. The Kier molecular flexibility index (Phi) is 9.83. The van der Waals surface area contributed by atoms with Gasteiger partial charge in [-0.05, 0) is 63.7 Å². The van der Waals surface area contributed by atoms with Gasteiger partial charge in [0.2, 0.25) is 17.7 Å². The summed E-state index contributed by atoms with van der Waals surface area (Å²) in [4.78, 5) is 53.3. The van der Waals surface area contributed by atoms with E-state index in [4.69, 9.17) is 5.73 Å². The number of hydrogen-bond acceptors (Lipinski definition) is 6. The van der Waals surface area contributed by atoms with Gasteiger partial charge in [-0.3, -0.25) is 14.4 Å². The molecule has 0 radical (unpaired) electrons. The van der Waals surface area contributed by atoms with Gasteiger partial charge in [-0.1, -0.05) is 18.2 Å². The molecule has 3 rings (SSSR count). The van der Waals surface area contributed by atoms with E-state index in [0.29, 0.717) is 32.2 Å². The number of benzene rings is 1. The lowest BCUT2D eigenvalue weighted by Gasteiger charge is -2.24. The van der Waals surface area contributed by atoms with E-state index in [9.17, 15) is 24.3 Å². The van der Waals surface area contributed by atoms with Crippen molar-refractivity contribution in [1.82, 2.24) is 26.3 Å². The Morgan fingerprint density at radius 2 is 1.83 bits per heavy atom. The Morgan fingerprint density at radius 3 is 2.53 bits per heavy atom. The number of carboxylic acid groups (broad SMARTS) is 1. The van der Waals surface area contributed by atoms with Gasteiger partial charge in [0.25, 0.3) is 0 Å². The van der Waals surface area contributed by atoms with Crippen molar-refractivity contribution < 1.29 is 24.3 Å². The first kappa shape index (κ1) is 27.2. The average molecular weight is 501 g/mol. The Labute approximate surface area is 210 Å². The minimum absolute atomic E-state index is 0.0788. The predicted molar refractivity (Wildman–Crippen MR) is 135 cm³/mol. The van der Waals surface area contributed by atoms with Crippen molar-refractivity contribution in [3.63, 3.8) is 0 Å². The molecule has 11 heteroatoms. The maximum absolute atomic E-state index is 13.1. The number of carbonyl (C=O) groups excluding carboxylic acids is 3. The largest absolute Gasteiger partial charge is 0.480 e. The Hall–Kier alpha value is -3.44. The number of aromatic nitrogens is 1. The van der Waals surface area contributed by atoms with E-state index >= 15 is 0 Å². The number of aromatic amines is 1. The highest BCUT2D eigenvalue weighted by atomic mass is 16.4. The van der Waals surface area contributed by atoms with Gasteiger partial charge in [-0.2, -0.15) is 0 Å². The zero-order valence-electron chi connectivity index (χ0n) is 20.5. The number of hydrogen-bond donors (Lipinski definition) is 7. The summed E-state index contributed by atoms with van der Waals surface area (Å²) in [7, 11) is 0. The van der Waals surface area contributed by atoms with E-state index in [2.05, 4.69) is 26.3 Å². The predicted octanol–water partition coefficient (Wildman–Crippen LogP) is 0.150. The van der Waals surface area contributed by atoms with Gasteiger partial charge in [0.15, 0.2) is 0 Å². The lowest BCUT2D eigenvalue weighted by atomic mass is 10.0. The van der Waals surface area contributed by atoms with Gasteiger partial charge in [-0.25, -0.2) is 4.79 Å². The van der Waals surface area contributed by atoms with Crippen LogP contribution < -0.4 is 27.0 Å². The monoisotopic (exact) mass is 500 g/mol. The first-order chi connectivity index (χ1) is 17.3. The number of nitrogens with one attached hydrogen (secondary N) is 5. The standard InChI is InChI=1S/C25H36N6O5/c1-15(29-23(33)19-10-6-12-27-19)22(32)30-20(9-4-5-11-26)24(34)31-21(25(35)36)13-16-14-28-18-8-3-2-7-17(16)18/h2-3,7-8,14-15,19-21,27-28H,4-6,9-13,26H2,1H3,(H,29,33)(H,30,32)(H,31,34)(H,35,36). The zero-order chi connectivity index (χ0) is 26.1. The summed E-state index contributed by atoms with van der Waals surface area (Å²) in [5.74, 6) is -2.55. The van der Waals surface area contributed by atoms with E-state index in [1.54, 1.807) is 13.1 Å². The van der Waals surface area contributed by atoms with Gasteiger partial charge >= 0.3 is 5.97 Å². The molecule has 11 nitrogen and oxygen atoms in total. The summed E-state index contributed by atoms with van der Waals surface area (Å²) in [5.41, 5.74) is 7.21. The minimum atomic E-state index is -1.18. The highest BCUT2D eigenvalue weighted by Crippen LogP contribution is 2.19.